The second-order valence-corrected chi connectivity index (χ2v) is 13.4. The van der Waals surface area contributed by atoms with Gasteiger partial charge in [0.2, 0.25) is 5.28 Å². The van der Waals surface area contributed by atoms with Crippen LogP contribution >= 0.6 is 19.2 Å². The van der Waals surface area contributed by atoms with E-state index in [9.17, 15) is 33.0 Å². The normalized spacial score (nSPS) is 26.6. The maximum Gasteiger partial charge on any atom is 0.355 e. The summed E-state index contributed by atoms with van der Waals surface area (Å²) in [5.74, 6) is -2.70. The zero-order chi connectivity index (χ0) is 26.3. The topological polar surface area (TPSA) is 206 Å². The van der Waals surface area contributed by atoms with Crippen LogP contribution in [0.4, 0.5) is 5.82 Å². The summed E-state index contributed by atoms with van der Waals surface area (Å²) in [5.41, 5.74) is 0.246. The number of nitrogens with zero attached hydrogens (tertiary/aromatic N) is 4. The molecule has 1 aliphatic carbocycles. The summed E-state index contributed by atoms with van der Waals surface area (Å²) in [6, 6.07) is 0.234. The summed E-state index contributed by atoms with van der Waals surface area (Å²) in [5, 5.41) is 29.2. The van der Waals surface area contributed by atoms with Crippen LogP contribution in [0.3, 0.4) is 0 Å². The fraction of sp³-hybridized carbons (Fsp3) is 0.737. The number of rotatable bonds is 10. The summed E-state index contributed by atoms with van der Waals surface area (Å²) in [4.78, 5) is 27.5. The molecule has 3 heterocycles. The van der Waals surface area contributed by atoms with E-state index in [2.05, 4.69) is 20.4 Å². The van der Waals surface area contributed by atoms with Crippen molar-refractivity contribution in [3.8, 4) is 0 Å². The third-order valence-electron chi connectivity index (χ3n) is 6.37. The minimum Gasteiger partial charge on any atom is -0.387 e. The van der Waals surface area contributed by atoms with Gasteiger partial charge in [0.1, 0.15) is 24.1 Å². The van der Waals surface area contributed by atoms with Gasteiger partial charge in [0.25, 0.3) is 0 Å². The van der Waals surface area contributed by atoms with Crippen LogP contribution in [0.25, 0.3) is 11.0 Å². The van der Waals surface area contributed by atoms with Gasteiger partial charge in [0, 0.05) is 11.8 Å². The van der Waals surface area contributed by atoms with Gasteiger partial charge in [-0.3, -0.25) is 4.57 Å². The summed E-state index contributed by atoms with van der Waals surface area (Å²) >= 11 is 6.13. The molecule has 2 aromatic heterocycles. The van der Waals surface area contributed by atoms with E-state index in [4.69, 9.17) is 21.1 Å². The Kier molecular flexibility index (Phi) is 8.25. The number of hydrogen-bond acceptors (Lipinski definition) is 11. The molecule has 36 heavy (non-hydrogen) atoms. The van der Waals surface area contributed by atoms with Crippen molar-refractivity contribution >= 4 is 45.9 Å². The molecule has 17 heteroatoms. The molecule has 4 rings (SSSR count). The molecule has 5 atom stereocenters. The second kappa shape index (κ2) is 10.8. The van der Waals surface area contributed by atoms with E-state index >= 15 is 0 Å². The van der Waals surface area contributed by atoms with E-state index in [1.807, 2.05) is 0 Å². The lowest BCUT2D eigenvalue weighted by Crippen LogP contribution is -2.36. The predicted molar refractivity (Wildman–Crippen MR) is 128 cm³/mol. The van der Waals surface area contributed by atoms with Crippen molar-refractivity contribution in [3.63, 3.8) is 0 Å². The van der Waals surface area contributed by atoms with Gasteiger partial charge >= 0.3 is 7.60 Å². The molecule has 0 amide bonds. The fourth-order valence-corrected chi connectivity index (χ4v) is 6.98. The Morgan fingerprint density at radius 1 is 1.28 bits per heavy atom. The number of aliphatic hydroxyl groups is 2. The number of ether oxygens (including phenoxy) is 2. The van der Waals surface area contributed by atoms with E-state index in [0.29, 0.717) is 11.2 Å². The lowest BCUT2D eigenvalue weighted by Gasteiger charge is -2.22. The summed E-state index contributed by atoms with van der Waals surface area (Å²) in [7, 11) is -8.73. The highest BCUT2D eigenvalue weighted by atomic mass is 35.5. The van der Waals surface area contributed by atoms with Gasteiger partial charge in [-0.25, -0.2) is 13.1 Å². The number of aliphatic hydroxyl groups excluding tert-OH is 2. The van der Waals surface area contributed by atoms with Crippen molar-refractivity contribution in [2.75, 3.05) is 23.4 Å². The highest BCUT2D eigenvalue weighted by molar-refractivity contribution is 7.91. The molecule has 202 valence electrons. The maximum atomic E-state index is 11.9. The molecule has 0 radical (unpaired) electrons. The minimum atomic E-state index is -4.95. The van der Waals surface area contributed by atoms with Crippen molar-refractivity contribution in [3.05, 3.63) is 11.5 Å². The Hall–Kier alpha value is -1.42. The predicted octanol–water partition coefficient (Wildman–Crippen LogP) is 0.408. The summed E-state index contributed by atoms with van der Waals surface area (Å²) < 4.78 is 47.7. The highest BCUT2D eigenvalue weighted by Gasteiger charge is 2.46. The summed E-state index contributed by atoms with van der Waals surface area (Å²) in [6.07, 6.45) is 0.174. The number of anilines is 1. The molecule has 1 saturated carbocycles. The third kappa shape index (κ3) is 6.00. The largest absolute Gasteiger partial charge is 0.387 e. The van der Waals surface area contributed by atoms with E-state index in [1.165, 1.54) is 17.8 Å². The smallest absolute Gasteiger partial charge is 0.355 e. The second-order valence-electron chi connectivity index (χ2n) is 8.92. The molecule has 0 bridgehead atoms. The third-order valence-corrected chi connectivity index (χ3v) is 9.55. The van der Waals surface area contributed by atoms with Gasteiger partial charge < -0.3 is 34.8 Å². The van der Waals surface area contributed by atoms with Crippen LogP contribution in [0.15, 0.2) is 6.20 Å². The quantitative estimate of drug-likeness (QED) is 0.194. The van der Waals surface area contributed by atoms with E-state index in [0.717, 1.165) is 25.7 Å². The van der Waals surface area contributed by atoms with E-state index in [1.54, 1.807) is 0 Å². The van der Waals surface area contributed by atoms with E-state index in [-0.39, 0.29) is 22.7 Å². The number of sulfone groups is 1. The lowest BCUT2D eigenvalue weighted by molar-refractivity contribution is -0.0739. The standard InChI is InChI=1S/C19H29ClN5O9PS/c1-2-36(31,32)9-13(35(28,29)30)33-8-12-14(26)15(27)18(34-12)25-17-11(7-21-25)16(23-19(20)24-17)22-10-5-3-4-6-10/h7,10,12-15,18,26-27H,2-6,8-9H2,1H3,(H,22,23,24)(H2,28,29,30)/t12-,13?,14-,15-,18-/m1/s1. The molecule has 1 saturated heterocycles. The first-order valence-corrected chi connectivity index (χ1v) is 15.3. The first-order valence-electron chi connectivity index (χ1n) is 11.5. The van der Waals surface area contributed by atoms with E-state index < -0.39 is 60.2 Å². The van der Waals surface area contributed by atoms with Gasteiger partial charge in [-0.1, -0.05) is 19.8 Å². The van der Waals surface area contributed by atoms with Crippen LogP contribution < -0.4 is 5.32 Å². The average Bonchev–Trinajstić information content (AvgIpc) is 3.52. The number of aromatic nitrogens is 4. The Balaban J connectivity index is 1.52. The molecular weight excluding hydrogens is 541 g/mol. The highest BCUT2D eigenvalue weighted by Crippen LogP contribution is 2.43. The number of hydrogen-bond donors (Lipinski definition) is 5. The van der Waals surface area contributed by atoms with Crippen LogP contribution in [-0.4, -0.2) is 96.5 Å². The van der Waals surface area contributed by atoms with Gasteiger partial charge in [0.05, 0.1) is 23.9 Å². The average molecular weight is 570 g/mol. The number of halogens is 1. The van der Waals surface area contributed by atoms with Gasteiger partial charge in [-0.2, -0.15) is 15.1 Å². The molecule has 1 unspecified atom stereocenters. The fourth-order valence-electron chi connectivity index (χ4n) is 4.31. The molecule has 2 aliphatic rings. The molecule has 0 aromatic carbocycles. The van der Waals surface area contributed by atoms with Crippen LogP contribution in [0.2, 0.25) is 5.28 Å². The van der Waals surface area contributed by atoms with Crippen LogP contribution in [0.5, 0.6) is 0 Å². The molecule has 0 spiro atoms. The first kappa shape index (κ1) is 27.6. The van der Waals surface area contributed by atoms with Crippen molar-refractivity contribution < 1.29 is 42.5 Å². The first-order chi connectivity index (χ1) is 16.9. The van der Waals surface area contributed by atoms with Crippen molar-refractivity contribution in [1.82, 2.24) is 19.7 Å². The molecular formula is C19H29ClN5O9PS. The van der Waals surface area contributed by atoms with Crippen LogP contribution in [-0.2, 0) is 23.9 Å². The number of nitrogens with one attached hydrogen (secondary N) is 1. The van der Waals surface area contributed by atoms with Gasteiger partial charge in [-0.05, 0) is 24.4 Å². The zero-order valence-electron chi connectivity index (χ0n) is 19.3. The Morgan fingerprint density at radius 3 is 2.61 bits per heavy atom. The molecule has 14 nitrogen and oxygen atoms in total. The van der Waals surface area contributed by atoms with Crippen molar-refractivity contribution in [2.45, 2.75) is 69.0 Å². The Bertz CT molecular complexity index is 1240. The Morgan fingerprint density at radius 2 is 1.97 bits per heavy atom. The minimum absolute atomic E-state index is 0.0562. The Labute approximate surface area is 212 Å². The lowest BCUT2D eigenvalue weighted by atomic mass is 10.1. The van der Waals surface area contributed by atoms with Crippen molar-refractivity contribution in [2.24, 2.45) is 0 Å². The van der Waals surface area contributed by atoms with Gasteiger partial charge in [-0.15, -0.1) is 0 Å². The summed E-state index contributed by atoms with van der Waals surface area (Å²) in [6.45, 7) is 0.753. The van der Waals surface area contributed by atoms with Crippen LogP contribution in [0, 0.1) is 0 Å². The van der Waals surface area contributed by atoms with Crippen LogP contribution in [0.1, 0.15) is 38.8 Å². The molecule has 2 fully saturated rings. The number of fused-ring (bicyclic) bond motifs is 1. The molecule has 1 aliphatic heterocycles. The van der Waals surface area contributed by atoms with Crippen molar-refractivity contribution in [1.29, 1.82) is 0 Å². The molecule has 5 N–H and O–H groups in total. The maximum absolute atomic E-state index is 11.9. The monoisotopic (exact) mass is 569 g/mol. The van der Waals surface area contributed by atoms with Gasteiger partial charge in [0.15, 0.2) is 27.6 Å². The SMILES string of the molecule is CCS(=O)(=O)CC(OC[C@H]1O[C@@H](n2ncc3c(NC4CCCC4)nc(Cl)nc32)[C@H](O)[C@@H]1O)P(=O)(O)O. The molecule has 2 aromatic rings. The zero-order valence-corrected chi connectivity index (χ0v) is 21.8.